The van der Waals surface area contributed by atoms with Crippen molar-refractivity contribution in [1.82, 2.24) is 0 Å². The Hall–Kier alpha value is -1.30. The zero-order valence-corrected chi connectivity index (χ0v) is 7.67. The average Bonchev–Trinajstić information content (AvgIpc) is 2.03. The van der Waals surface area contributed by atoms with Gasteiger partial charge in [-0.2, -0.15) is 0 Å². The van der Waals surface area contributed by atoms with Crippen LogP contribution in [0.3, 0.4) is 0 Å². The molecule has 0 aliphatic heterocycles. The summed E-state index contributed by atoms with van der Waals surface area (Å²) in [5.74, 6) is 0. The summed E-state index contributed by atoms with van der Waals surface area (Å²) in [5.41, 5.74) is 3.89. The SMILES string of the molecule is C.C=C/C=C\c1ccc(C)cc1C. The fourth-order valence-corrected chi connectivity index (χ4v) is 1.18. The molecule has 0 N–H and O–H groups in total. The highest BCUT2D eigenvalue weighted by molar-refractivity contribution is 5.55. The minimum Gasteiger partial charge on any atom is -0.0991 e. The first-order valence-corrected chi connectivity index (χ1v) is 4.10. The molecule has 0 saturated carbocycles. The first kappa shape index (κ1) is 11.7. The number of benzene rings is 1. The standard InChI is InChI=1S/C12H14.CH4/c1-4-5-6-12-8-7-10(2)9-11(12)3;/h4-9H,1H2,2-3H3;1H4/b6-5-;. The van der Waals surface area contributed by atoms with Gasteiger partial charge in [-0.05, 0) is 25.0 Å². The maximum absolute atomic E-state index is 3.64. The van der Waals surface area contributed by atoms with Crippen LogP contribution in [0.5, 0.6) is 0 Å². The predicted molar refractivity (Wildman–Crippen MR) is 61.9 cm³/mol. The van der Waals surface area contributed by atoms with E-state index in [2.05, 4.69) is 44.7 Å². The van der Waals surface area contributed by atoms with Crippen molar-refractivity contribution in [3.05, 3.63) is 53.6 Å². The summed E-state index contributed by atoms with van der Waals surface area (Å²) >= 11 is 0. The molecule has 1 rings (SSSR count). The van der Waals surface area contributed by atoms with Crippen LogP contribution < -0.4 is 0 Å². The van der Waals surface area contributed by atoms with E-state index in [0.717, 1.165) is 0 Å². The Balaban J connectivity index is 0.00000144. The first-order chi connectivity index (χ1) is 5.74. The first-order valence-electron chi connectivity index (χ1n) is 4.10. The van der Waals surface area contributed by atoms with Crippen LogP contribution in [0.15, 0.2) is 36.9 Å². The normalized spacial score (nSPS) is 9.69. The van der Waals surface area contributed by atoms with Crippen LogP contribution in [0.2, 0.25) is 0 Å². The summed E-state index contributed by atoms with van der Waals surface area (Å²) in [7, 11) is 0. The Morgan fingerprint density at radius 1 is 1.23 bits per heavy atom. The summed E-state index contributed by atoms with van der Waals surface area (Å²) < 4.78 is 0. The Morgan fingerprint density at radius 2 is 1.92 bits per heavy atom. The molecule has 0 amide bonds. The van der Waals surface area contributed by atoms with E-state index in [1.165, 1.54) is 16.7 Å². The number of hydrogen-bond acceptors (Lipinski definition) is 0. The van der Waals surface area contributed by atoms with E-state index >= 15 is 0 Å². The molecule has 0 aromatic heterocycles. The van der Waals surface area contributed by atoms with Gasteiger partial charge in [-0.25, -0.2) is 0 Å². The molecule has 0 spiro atoms. The van der Waals surface area contributed by atoms with Crippen LogP contribution in [0.4, 0.5) is 0 Å². The van der Waals surface area contributed by atoms with Gasteiger partial charge >= 0.3 is 0 Å². The highest BCUT2D eigenvalue weighted by atomic mass is 14.0. The largest absolute Gasteiger partial charge is 0.0991 e. The summed E-state index contributed by atoms with van der Waals surface area (Å²) in [6.07, 6.45) is 5.82. The lowest BCUT2D eigenvalue weighted by molar-refractivity contribution is 1.37. The lowest BCUT2D eigenvalue weighted by Crippen LogP contribution is -1.81. The molecular formula is C13H18. The van der Waals surface area contributed by atoms with Crippen molar-refractivity contribution in [3.63, 3.8) is 0 Å². The van der Waals surface area contributed by atoms with Crippen molar-refractivity contribution in [3.8, 4) is 0 Å². The Morgan fingerprint density at radius 3 is 2.46 bits per heavy atom. The monoisotopic (exact) mass is 174 g/mol. The molecule has 0 bridgehead atoms. The van der Waals surface area contributed by atoms with Gasteiger partial charge in [0.25, 0.3) is 0 Å². The molecule has 0 heteroatoms. The smallest absolute Gasteiger partial charge is 0.0227 e. The molecule has 0 fully saturated rings. The van der Waals surface area contributed by atoms with Crippen LogP contribution in [-0.4, -0.2) is 0 Å². The van der Waals surface area contributed by atoms with Crippen molar-refractivity contribution in [2.24, 2.45) is 0 Å². The summed E-state index contributed by atoms with van der Waals surface area (Å²) in [6, 6.07) is 6.43. The quantitative estimate of drug-likeness (QED) is 0.591. The maximum atomic E-state index is 3.64. The van der Waals surface area contributed by atoms with Crippen LogP contribution >= 0.6 is 0 Å². The van der Waals surface area contributed by atoms with Crippen molar-refractivity contribution < 1.29 is 0 Å². The third kappa shape index (κ3) is 3.29. The van der Waals surface area contributed by atoms with E-state index in [9.17, 15) is 0 Å². The molecule has 0 atom stereocenters. The molecular weight excluding hydrogens is 156 g/mol. The molecule has 13 heavy (non-hydrogen) atoms. The van der Waals surface area contributed by atoms with Crippen molar-refractivity contribution >= 4 is 6.08 Å². The fraction of sp³-hybridized carbons (Fsp3) is 0.231. The van der Waals surface area contributed by atoms with E-state index in [1.54, 1.807) is 6.08 Å². The lowest BCUT2D eigenvalue weighted by Gasteiger charge is -2.00. The van der Waals surface area contributed by atoms with E-state index < -0.39 is 0 Å². The average molecular weight is 174 g/mol. The Bertz CT molecular complexity index is 306. The number of aryl methyl sites for hydroxylation is 2. The lowest BCUT2D eigenvalue weighted by atomic mass is 10.1. The predicted octanol–water partition coefficient (Wildman–Crippen LogP) is 4.14. The Labute approximate surface area is 81.6 Å². The summed E-state index contributed by atoms with van der Waals surface area (Å²) in [4.78, 5) is 0. The maximum Gasteiger partial charge on any atom is -0.0227 e. The van der Waals surface area contributed by atoms with Gasteiger partial charge in [0.15, 0.2) is 0 Å². The second-order valence-corrected chi connectivity index (χ2v) is 2.95. The molecule has 70 valence electrons. The summed E-state index contributed by atoms with van der Waals surface area (Å²) in [5, 5.41) is 0. The highest BCUT2D eigenvalue weighted by Gasteiger charge is 1.92. The number of rotatable bonds is 2. The van der Waals surface area contributed by atoms with Crippen LogP contribution in [0.25, 0.3) is 6.08 Å². The van der Waals surface area contributed by atoms with Crippen molar-refractivity contribution in [1.29, 1.82) is 0 Å². The third-order valence-electron chi connectivity index (χ3n) is 1.84. The second-order valence-electron chi connectivity index (χ2n) is 2.95. The van der Waals surface area contributed by atoms with Crippen LogP contribution in [0.1, 0.15) is 24.1 Å². The third-order valence-corrected chi connectivity index (χ3v) is 1.84. The van der Waals surface area contributed by atoms with E-state index in [4.69, 9.17) is 0 Å². The topological polar surface area (TPSA) is 0 Å². The van der Waals surface area contributed by atoms with Crippen molar-refractivity contribution in [2.75, 3.05) is 0 Å². The van der Waals surface area contributed by atoms with E-state index in [-0.39, 0.29) is 7.43 Å². The molecule has 0 aliphatic carbocycles. The second kappa shape index (κ2) is 5.36. The summed E-state index contributed by atoms with van der Waals surface area (Å²) in [6.45, 7) is 7.86. The number of allylic oxidation sites excluding steroid dienone is 2. The van der Waals surface area contributed by atoms with Gasteiger partial charge in [-0.1, -0.05) is 56.0 Å². The fourth-order valence-electron chi connectivity index (χ4n) is 1.18. The van der Waals surface area contributed by atoms with Gasteiger partial charge in [0, 0.05) is 0 Å². The highest BCUT2D eigenvalue weighted by Crippen LogP contribution is 2.11. The molecule has 0 heterocycles. The minimum atomic E-state index is 0. The van der Waals surface area contributed by atoms with Gasteiger partial charge in [-0.15, -0.1) is 0 Å². The minimum absolute atomic E-state index is 0. The van der Waals surface area contributed by atoms with Gasteiger partial charge < -0.3 is 0 Å². The zero-order valence-electron chi connectivity index (χ0n) is 7.67. The molecule has 1 aromatic rings. The Kier molecular flexibility index (Phi) is 4.83. The molecule has 1 aromatic carbocycles. The molecule has 0 saturated heterocycles. The molecule has 0 nitrogen and oxygen atoms in total. The van der Waals surface area contributed by atoms with Crippen molar-refractivity contribution in [2.45, 2.75) is 21.3 Å². The van der Waals surface area contributed by atoms with Gasteiger partial charge in [0.05, 0.1) is 0 Å². The van der Waals surface area contributed by atoms with E-state index in [0.29, 0.717) is 0 Å². The van der Waals surface area contributed by atoms with Gasteiger partial charge in [-0.3, -0.25) is 0 Å². The molecule has 0 aliphatic rings. The van der Waals surface area contributed by atoms with E-state index in [1.807, 2.05) is 6.08 Å². The number of hydrogen-bond donors (Lipinski definition) is 0. The molecule has 0 radical (unpaired) electrons. The van der Waals surface area contributed by atoms with Crippen LogP contribution in [-0.2, 0) is 0 Å². The van der Waals surface area contributed by atoms with Gasteiger partial charge in [0.2, 0.25) is 0 Å². The van der Waals surface area contributed by atoms with Crippen LogP contribution in [0, 0.1) is 13.8 Å². The van der Waals surface area contributed by atoms with Gasteiger partial charge in [0.1, 0.15) is 0 Å². The zero-order chi connectivity index (χ0) is 8.97. The molecule has 0 unspecified atom stereocenters.